The lowest BCUT2D eigenvalue weighted by molar-refractivity contribution is 0.0741. The second-order valence-corrected chi connectivity index (χ2v) is 4.30. The molecule has 0 saturated carbocycles. The van der Waals surface area contributed by atoms with Crippen molar-refractivity contribution in [2.45, 2.75) is 18.9 Å². The van der Waals surface area contributed by atoms with Gasteiger partial charge in [-0.05, 0) is 38.1 Å². The molecular weight excluding hydrogens is 188 g/mol. The van der Waals surface area contributed by atoms with Crippen molar-refractivity contribution in [3.05, 3.63) is 30.1 Å². The first-order valence-corrected chi connectivity index (χ1v) is 5.54. The summed E-state index contributed by atoms with van der Waals surface area (Å²) in [5.41, 5.74) is 1.22. The normalized spacial score (nSPS) is 27.9. The van der Waals surface area contributed by atoms with Gasteiger partial charge in [0.25, 0.3) is 0 Å². The lowest BCUT2D eigenvalue weighted by atomic mass is 9.86. The Morgan fingerprint density at radius 1 is 1.60 bits per heavy atom. The molecule has 1 aromatic rings. The standard InChI is InChI=1S/C12H18N2O/c1-14-7-3-5-11(9-15)12(14)10-4-2-6-13-8-10/h2,4,6,8,11-12,15H,3,5,7,9H2,1H3. The number of hydrogen-bond donors (Lipinski definition) is 1. The molecule has 1 fully saturated rings. The van der Waals surface area contributed by atoms with Crippen molar-refractivity contribution in [1.82, 2.24) is 9.88 Å². The van der Waals surface area contributed by atoms with Crippen LogP contribution in [0.25, 0.3) is 0 Å². The Labute approximate surface area is 90.8 Å². The second kappa shape index (κ2) is 4.73. The first-order valence-electron chi connectivity index (χ1n) is 5.54. The topological polar surface area (TPSA) is 36.4 Å². The summed E-state index contributed by atoms with van der Waals surface area (Å²) >= 11 is 0. The Morgan fingerprint density at radius 3 is 3.13 bits per heavy atom. The molecule has 2 rings (SSSR count). The van der Waals surface area contributed by atoms with Crippen LogP contribution in [0.2, 0.25) is 0 Å². The number of aromatic nitrogens is 1. The monoisotopic (exact) mass is 206 g/mol. The fraction of sp³-hybridized carbons (Fsp3) is 0.583. The van der Waals surface area contributed by atoms with Crippen LogP contribution in [0.5, 0.6) is 0 Å². The van der Waals surface area contributed by atoms with Crippen molar-refractivity contribution < 1.29 is 5.11 Å². The maximum absolute atomic E-state index is 9.39. The van der Waals surface area contributed by atoms with Crippen LogP contribution < -0.4 is 0 Å². The fourth-order valence-corrected chi connectivity index (χ4v) is 2.53. The third-order valence-corrected chi connectivity index (χ3v) is 3.27. The summed E-state index contributed by atoms with van der Waals surface area (Å²) in [4.78, 5) is 6.48. The number of likely N-dealkylation sites (tertiary alicyclic amines) is 1. The van der Waals surface area contributed by atoms with Gasteiger partial charge in [0.1, 0.15) is 0 Å². The van der Waals surface area contributed by atoms with E-state index in [-0.39, 0.29) is 6.61 Å². The molecule has 82 valence electrons. The molecule has 0 amide bonds. The quantitative estimate of drug-likeness (QED) is 0.795. The van der Waals surface area contributed by atoms with Crippen molar-refractivity contribution >= 4 is 0 Å². The zero-order chi connectivity index (χ0) is 10.7. The number of nitrogens with zero attached hydrogens (tertiary/aromatic N) is 2. The van der Waals surface area contributed by atoms with Gasteiger partial charge in [-0.15, -0.1) is 0 Å². The van der Waals surface area contributed by atoms with Crippen molar-refractivity contribution in [2.75, 3.05) is 20.2 Å². The number of pyridine rings is 1. The molecular formula is C12H18N2O. The van der Waals surface area contributed by atoms with E-state index in [2.05, 4.69) is 23.0 Å². The van der Waals surface area contributed by atoms with E-state index >= 15 is 0 Å². The van der Waals surface area contributed by atoms with E-state index < -0.39 is 0 Å². The van der Waals surface area contributed by atoms with E-state index in [0.717, 1.165) is 13.0 Å². The fourth-order valence-electron chi connectivity index (χ4n) is 2.53. The number of rotatable bonds is 2. The van der Waals surface area contributed by atoms with Crippen molar-refractivity contribution in [3.8, 4) is 0 Å². The molecule has 1 aliphatic heterocycles. The largest absolute Gasteiger partial charge is 0.396 e. The number of hydrogen-bond acceptors (Lipinski definition) is 3. The molecule has 15 heavy (non-hydrogen) atoms. The molecule has 0 aromatic carbocycles. The Balaban J connectivity index is 2.23. The van der Waals surface area contributed by atoms with Crippen LogP contribution in [0.1, 0.15) is 24.4 Å². The van der Waals surface area contributed by atoms with Gasteiger partial charge >= 0.3 is 0 Å². The third-order valence-electron chi connectivity index (χ3n) is 3.27. The number of piperidine rings is 1. The van der Waals surface area contributed by atoms with Gasteiger partial charge in [0.2, 0.25) is 0 Å². The number of aliphatic hydroxyl groups is 1. The summed E-state index contributed by atoms with van der Waals surface area (Å²) in [6.45, 7) is 1.37. The van der Waals surface area contributed by atoms with Gasteiger partial charge < -0.3 is 5.11 Å². The van der Waals surface area contributed by atoms with Crippen molar-refractivity contribution in [2.24, 2.45) is 5.92 Å². The minimum absolute atomic E-state index is 0.268. The molecule has 3 nitrogen and oxygen atoms in total. The van der Waals surface area contributed by atoms with Crippen molar-refractivity contribution in [3.63, 3.8) is 0 Å². The van der Waals surface area contributed by atoms with Gasteiger partial charge in [-0.3, -0.25) is 9.88 Å². The molecule has 1 saturated heterocycles. The summed E-state index contributed by atoms with van der Waals surface area (Å²) in [7, 11) is 2.12. The average molecular weight is 206 g/mol. The average Bonchev–Trinajstić information content (AvgIpc) is 2.29. The van der Waals surface area contributed by atoms with E-state index in [0.29, 0.717) is 12.0 Å². The zero-order valence-electron chi connectivity index (χ0n) is 9.13. The summed E-state index contributed by atoms with van der Waals surface area (Å²) in [5.74, 6) is 0.355. The van der Waals surface area contributed by atoms with Crippen LogP contribution in [-0.2, 0) is 0 Å². The molecule has 3 heteroatoms. The predicted molar refractivity (Wildman–Crippen MR) is 59.4 cm³/mol. The smallest absolute Gasteiger partial charge is 0.0477 e. The molecule has 0 radical (unpaired) electrons. The van der Waals surface area contributed by atoms with Crippen LogP contribution in [0, 0.1) is 5.92 Å². The predicted octanol–water partition coefficient (Wildman–Crippen LogP) is 1.46. The Bertz CT molecular complexity index is 302. The first-order chi connectivity index (χ1) is 7.33. The van der Waals surface area contributed by atoms with Gasteiger partial charge in [0, 0.05) is 31.0 Å². The molecule has 1 aliphatic rings. The van der Waals surface area contributed by atoms with E-state index in [1.807, 2.05) is 12.3 Å². The van der Waals surface area contributed by atoms with Crippen LogP contribution in [0.3, 0.4) is 0 Å². The Kier molecular flexibility index (Phi) is 3.34. The maximum Gasteiger partial charge on any atom is 0.0477 e. The highest BCUT2D eigenvalue weighted by atomic mass is 16.3. The van der Waals surface area contributed by atoms with Gasteiger partial charge in [0.05, 0.1) is 0 Å². The second-order valence-electron chi connectivity index (χ2n) is 4.30. The molecule has 0 aliphatic carbocycles. The highest BCUT2D eigenvalue weighted by Crippen LogP contribution is 2.33. The van der Waals surface area contributed by atoms with E-state index in [1.54, 1.807) is 6.20 Å². The van der Waals surface area contributed by atoms with Crippen LogP contribution >= 0.6 is 0 Å². The third kappa shape index (κ3) is 2.19. The van der Waals surface area contributed by atoms with E-state index in [4.69, 9.17) is 0 Å². The van der Waals surface area contributed by atoms with E-state index in [1.165, 1.54) is 12.0 Å². The van der Waals surface area contributed by atoms with Crippen LogP contribution in [-0.4, -0.2) is 35.2 Å². The van der Waals surface area contributed by atoms with Crippen molar-refractivity contribution in [1.29, 1.82) is 0 Å². The molecule has 2 unspecified atom stereocenters. The Morgan fingerprint density at radius 2 is 2.47 bits per heavy atom. The SMILES string of the molecule is CN1CCCC(CO)C1c1cccnc1. The Hall–Kier alpha value is -0.930. The molecule has 0 spiro atoms. The van der Waals surface area contributed by atoms with Crippen LogP contribution in [0.4, 0.5) is 0 Å². The molecule has 1 N–H and O–H groups in total. The zero-order valence-corrected chi connectivity index (χ0v) is 9.13. The highest BCUT2D eigenvalue weighted by molar-refractivity contribution is 5.15. The summed E-state index contributed by atoms with van der Waals surface area (Å²) < 4.78 is 0. The molecule has 2 heterocycles. The minimum atomic E-state index is 0.268. The molecule has 1 aromatic heterocycles. The van der Waals surface area contributed by atoms with Gasteiger partial charge in [0.15, 0.2) is 0 Å². The first kappa shape index (κ1) is 10.6. The van der Waals surface area contributed by atoms with Gasteiger partial charge in [-0.2, -0.15) is 0 Å². The highest BCUT2D eigenvalue weighted by Gasteiger charge is 2.29. The van der Waals surface area contributed by atoms with E-state index in [9.17, 15) is 5.11 Å². The number of aliphatic hydroxyl groups excluding tert-OH is 1. The minimum Gasteiger partial charge on any atom is -0.396 e. The lowest BCUT2D eigenvalue weighted by Gasteiger charge is -2.38. The van der Waals surface area contributed by atoms with Gasteiger partial charge in [-0.1, -0.05) is 6.07 Å². The maximum atomic E-state index is 9.39. The van der Waals surface area contributed by atoms with Gasteiger partial charge in [-0.25, -0.2) is 0 Å². The summed E-state index contributed by atoms with van der Waals surface area (Å²) in [5, 5.41) is 9.39. The molecule has 0 bridgehead atoms. The summed E-state index contributed by atoms with van der Waals surface area (Å²) in [6, 6.07) is 4.39. The molecule has 2 atom stereocenters. The lowest BCUT2D eigenvalue weighted by Crippen LogP contribution is -2.37. The van der Waals surface area contributed by atoms with Crippen LogP contribution in [0.15, 0.2) is 24.5 Å². The summed E-state index contributed by atoms with van der Waals surface area (Å²) in [6.07, 6.45) is 5.99.